The van der Waals surface area contributed by atoms with Gasteiger partial charge < -0.3 is 10.1 Å². The molecule has 1 N–H and O–H groups in total. The van der Waals surface area contributed by atoms with Crippen LogP contribution in [0.25, 0.3) is 0 Å². The number of carbonyl (C=O) groups is 1. The third-order valence-corrected chi connectivity index (χ3v) is 3.13. The van der Waals surface area contributed by atoms with Crippen molar-refractivity contribution >= 4 is 6.09 Å². The summed E-state index contributed by atoms with van der Waals surface area (Å²) in [5.41, 5.74) is -0.432. The van der Waals surface area contributed by atoms with Crippen molar-refractivity contribution in [2.24, 2.45) is 5.92 Å². The molecule has 0 atom stereocenters. The summed E-state index contributed by atoms with van der Waals surface area (Å²) in [6.07, 6.45) is 5.38. The van der Waals surface area contributed by atoms with Crippen molar-refractivity contribution in [1.82, 2.24) is 5.32 Å². The first kappa shape index (κ1) is 14.3. The van der Waals surface area contributed by atoms with E-state index < -0.39 is 5.60 Å². The quantitative estimate of drug-likeness (QED) is 0.814. The Hall–Kier alpha value is -0.730. The highest BCUT2D eigenvalue weighted by molar-refractivity contribution is 5.68. The summed E-state index contributed by atoms with van der Waals surface area (Å²) in [4.78, 5) is 11.9. The van der Waals surface area contributed by atoms with E-state index in [0.717, 1.165) is 19.3 Å². The predicted octanol–water partition coefficient (Wildman–Crippen LogP) is 3.87. The summed E-state index contributed by atoms with van der Waals surface area (Å²) in [5, 5.41) is 3.12. The van der Waals surface area contributed by atoms with Crippen molar-refractivity contribution < 1.29 is 9.53 Å². The van der Waals surface area contributed by atoms with Crippen LogP contribution < -0.4 is 5.32 Å². The minimum Gasteiger partial charge on any atom is -0.444 e. The number of alkyl carbamates (subject to hydrolysis) is 1. The van der Waals surface area contributed by atoms with Crippen molar-refractivity contribution in [2.75, 3.05) is 0 Å². The van der Waals surface area contributed by atoms with E-state index in [1.54, 1.807) is 0 Å². The number of hydrogen-bond donors (Lipinski definition) is 1. The second kappa shape index (κ2) is 5.28. The van der Waals surface area contributed by atoms with Crippen LogP contribution in [-0.4, -0.2) is 17.2 Å². The van der Waals surface area contributed by atoms with Crippen LogP contribution in [0, 0.1) is 5.92 Å². The number of nitrogens with one attached hydrogen (secondary N) is 1. The minimum atomic E-state index is -0.415. The van der Waals surface area contributed by atoms with Gasteiger partial charge in [0.1, 0.15) is 5.60 Å². The lowest BCUT2D eigenvalue weighted by Crippen LogP contribution is -2.49. The van der Waals surface area contributed by atoms with Crippen LogP contribution in [0.1, 0.15) is 66.7 Å². The molecule has 100 valence electrons. The number of ether oxygens (including phenoxy) is 1. The zero-order valence-electron chi connectivity index (χ0n) is 11.9. The molecular weight excluding hydrogens is 214 g/mol. The Labute approximate surface area is 105 Å². The highest BCUT2D eigenvalue weighted by Gasteiger charge is 2.36. The van der Waals surface area contributed by atoms with Crippen molar-refractivity contribution in [3.05, 3.63) is 0 Å². The molecular formula is C14H27NO2. The van der Waals surface area contributed by atoms with Gasteiger partial charge in [0.25, 0.3) is 0 Å². The third-order valence-electron chi connectivity index (χ3n) is 3.13. The monoisotopic (exact) mass is 241 g/mol. The molecule has 0 radical (unpaired) electrons. The standard InChI is InChI=1S/C14H27NO2/c1-11(2)10-14(8-6-7-9-14)15-12(16)17-13(3,4)5/h11H,6-10H2,1-5H3,(H,15,16). The molecule has 1 fully saturated rings. The first-order valence-electron chi connectivity index (χ1n) is 6.74. The average Bonchev–Trinajstić information content (AvgIpc) is 2.47. The van der Waals surface area contributed by atoms with Gasteiger partial charge in [-0.25, -0.2) is 4.79 Å². The van der Waals surface area contributed by atoms with E-state index in [9.17, 15) is 4.79 Å². The molecule has 0 heterocycles. The van der Waals surface area contributed by atoms with Crippen LogP contribution in [0.2, 0.25) is 0 Å². The summed E-state index contributed by atoms with van der Waals surface area (Å²) >= 11 is 0. The second-order valence-corrected chi connectivity index (χ2v) is 6.71. The summed E-state index contributed by atoms with van der Waals surface area (Å²) < 4.78 is 5.36. The molecule has 17 heavy (non-hydrogen) atoms. The lowest BCUT2D eigenvalue weighted by atomic mass is 9.87. The van der Waals surface area contributed by atoms with Crippen molar-refractivity contribution in [2.45, 2.75) is 77.9 Å². The van der Waals surface area contributed by atoms with Crippen LogP contribution in [0.4, 0.5) is 4.79 Å². The van der Waals surface area contributed by atoms with E-state index >= 15 is 0 Å². The zero-order chi connectivity index (χ0) is 13.1. The Morgan fingerprint density at radius 1 is 1.29 bits per heavy atom. The second-order valence-electron chi connectivity index (χ2n) is 6.71. The van der Waals surface area contributed by atoms with Crippen LogP contribution in [0.3, 0.4) is 0 Å². The van der Waals surface area contributed by atoms with E-state index in [2.05, 4.69) is 19.2 Å². The highest BCUT2D eigenvalue weighted by atomic mass is 16.6. The Morgan fingerprint density at radius 3 is 2.24 bits per heavy atom. The Kier molecular flexibility index (Phi) is 4.45. The Balaban J connectivity index is 2.58. The first-order valence-corrected chi connectivity index (χ1v) is 6.74. The van der Waals surface area contributed by atoms with Crippen molar-refractivity contribution in [3.63, 3.8) is 0 Å². The van der Waals surface area contributed by atoms with Crippen molar-refractivity contribution in [3.8, 4) is 0 Å². The van der Waals surface area contributed by atoms with Gasteiger partial charge in [-0.2, -0.15) is 0 Å². The maximum absolute atomic E-state index is 11.9. The lowest BCUT2D eigenvalue weighted by Gasteiger charge is -2.33. The molecule has 1 amide bonds. The molecule has 0 bridgehead atoms. The average molecular weight is 241 g/mol. The van der Waals surface area contributed by atoms with Gasteiger partial charge in [0.2, 0.25) is 0 Å². The summed E-state index contributed by atoms with van der Waals surface area (Å²) in [6.45, 7) is 10.1. The molecule has 1 aliphatic rings. The van der Waals surface area contributed by atoms with Gasteiger partial charge in [-0.05, 0) is 46.0 Å². The fourth-order valence-electron chi connectivity index (χ4n) is 2.73. The summed E-state index contributed by atoms with van der Waals surface area (Å²) in [5.74, 6) is 0.600. The van der Waals surface area contributed by atoms with E-state index in [-0.39, 0.29) is 11.6 Å². The molecule has 0 unspecified atom stereocenters. The normalized spacial score (nSPS) is 19.4. The number of rotatable bonds is 3. The molecule has 0 saturated heterocycles. The van der Waals surface area contributed by atoms with Crippen LogP contribution >= 0.6 is 0 Å². The van der Waals surface area contributed by atoms with E-state index in [1.807, 2.05) is 20.8 Å². The van der Waals surface area contributed by atoms with Gasteiger partial charge >= 0.3 is 6.09 Å². The van der Waals surface area contributed by atoms with E-state index in [0.29, 0.717) is 5.92 Å². The van der Waals surface area contributed by atoms with Gasteiger partial charge in [0.15, 0.2) is 0 Å². The Bertz CT molecular complexity index is 260. The highest BCUT2D eigenvalue weighted by Crippen LogP contribution is 2.35. The maximum atomic E-state index is 11.9. The van der Waals surface area contributed by atoms with Crippen LogP contribution in [0.5, 0.6) is 0 Å². The molecule has 0 spiro atoms. The fraction of sp³-hybridized carbons (Fsp3) is 0.929. The maximum Gasteiger partial charge on any atom is 0.408 e. The fourth-order valence-corrected chi connectivity index (χ4v) is 2.73. The van der Waals surface area contributed by atoms with Gasteiger partial charge in [-0.3, -0.25) is 0 Å². The molecule has 0 aromatic carbocycles. The van der Waals surface area contributed by atoms with E-state index in [1.165, 1.54) is 12.8 Å². The third kappa shape index (κ3) is 4.97. The van der Waals surface area contributed by atoms with Gasteiger partial charge in [-0.15, -0.1) is 0 Å². The van der Waals surface area contributed by atoms with Crippen molar-refractivity contribution in [1.29, 1.82) is 0 Å². The molecule has 1 rings (SSSR count). The Morgan fingerprint density at radius 2 is 1.82 bits per heavy atom. The zero-order valence-corrected chi connectivity index (χ0v) is 11.9. The number of hydrogen-bond acceptors (Lipinski definition) is 2. The molecule has 3 nitrogen and oxygen atoms in total. The lowest BCUT2D eigenvalue weighted by molar-refractivity contribution is 0.0442. The molecule has 1 saturated carbocycles. The number of amides is 1. The minimum absolute atomic E-state index is 0.0174. The molecule has 0 aromatic heterocycles. The van der Waals surface area contributed by atoms with E-state index in [4.69, 9.17) is 4.74 Å². The predicted molar refractivity (Wildman–Crippen MR) is 70.0 cm³/mol. The van der Waals surface area contributed by atoms with Gasteiger partial charge in [-0.1, -0.05) is 26.7 Å². The van der Waals surface area contributed by atoms with Gasteiger partial charge in [0.05, 0.1) is 0 Å². The molecule has 3 heteroatoms. The SMILES string of the molecule is CC(C)CC1(NC(=O)OC(C)(C)C)CCCC1. The number of carbonyl (C=O) groups excluding carboxylic acids is 1. The largest absolute Gasteiger partial charge is 0.444 e. The smallest absolute Gasteiger partial charge is 0.408 e. The van der Waals surface area contributed by atoms with Crippen LogP contribution in [-0.2, 0) is 4.74 Å². The topological polar surface area (TPSA) is 38.3 Å². The summed E-state index contributed by atoms with van der Waals surface area (Å²) in [6, 6.07) is 0. The first-order chi connectivity index (χ1) is 7.72. The molecule has 0 aromatic rings. The molecule has 1 aliphatic carbocycles. The summed E-state index contributed by atoms with van der Waals surface area (Å²) in [7, 11) is 0. The van der Waals surface area contributed by atoms with Crippen LogP contribution in [0.15, 0.2) is 0 Å². The molecule has 0 aliphatic heterocycles. The van der Waals surface area contributed by atoms with Gasteiger partial charge in [0, 0.05) is 5.54 Å².